The van der Waals surface area contributed by atoms with Gasteiger partial charge in [-0.15, -0.1) is 0 Å². The Hall–Kier alpha value is -3.85. The number of pyridine rings is 1. The number of hydrogen-bond donors (Lipinski definition) is 2. The average molecular weight is 469 g/mol. The van der Waals surface area contributed by atoms with Gasteiger partial charge in [0.25, 0.3) is 0 Å². The zero-order chi connectivity index (χ0) is 23.4. The van der Waals surface area contributed by atoms with Crippen LogP contribution in [0.1, 0.15) is 11.1 Å². The van der Waals surface area contributed by atoms with E-state index in [1.165, 1.54) is 12.1 Å². The maximum absolute atomic E-state index is 12.7. The fourth-order valence-electron chi connectivity index (χ4n) is 3.01. The smallest absolute Gasteiger partial charge is 0.416 e. The number of anilines is 2. The van der Waals surface area contributed by atoms with Crippen molar-refractivity contribution >= 4 is 28.7 Å². The van der Waals surface area contributed by atoms with Gasteiger partial charge in [-0.05, 0) is 60.3 Å². The third-order valence-electron chi connectivity index (χ3n) is 4.71. The number of urea groups is 1. The number of carbonyl (C=O) groups is 1. The summed E-state index contributed by atoms with van der Waals surface area (Å²) < 4.78 is 44.0. The van der Waals surface area contributed by atoms with Gasteiger partial charge in [-0.3, -0.25) is 4.98 Å². The standard InChI is InChI=1S/C24H18F3N3O2S/c1-15-2-7-19(32-20-8-10-28-22(13-20)16-9-11-33-14-16)12-21(15)30-23(31)29-18-5-3-17(4-6-18)24(25,26)27/h2-14H,1H3,(H2,29,30,31). The van der Waals surface area contributed by atoms with E-state index < -0.39 is 17.8 Å². The number of rotatable bonds is 5. The van der Waals surface area contributed by atoms with E-state index in [-0.39, 0.29) is 5.69 Å². The topological polar surface area (TPSA) is 63.2 Å². The normalized spacial score (nSPS) is 11.2. The van der Waals surface area contributed by atoms with E-state index in [4.69, 9.17) is 4.74 Å². The van der Waals surface area contributed by atoms with Gasteiger partial charge in [-0.1, -0.05) is 6.07 Å². The molecule has 0 saturated carbocycles. The van der Waals surface area contributed by atoms with E-state index in [0.717, 1.165) is 29.0 Å². The Morgan fingerprint density at radius 1 is 0.970 bits per heavy atom. The number of ether oxygens (including phenoxy) is 1. The lowest BCUT2D eigenvalue weighted by Crippen LogP contribution is -2.20. The van der Waals surface area contributed by atoms with Crippen molar-refractivity contribution in [2.45, 2.75) is 13.1 Å². The molecule has 168 valence electrons. The summed E-state index contributed by atoms with van der Waals surface area (Å²) >= 11 is 1.58. The quantitative estimate of drug-likeness (QED) is 0.317. The number of thiophene rings is 1. The van der Waals surface area contributed by atoms with Gasteiger partial charge in [0.1, 0.15) is 11.5 Å². The molecule has 0 aliphatic rings. The van der Waals surface area contributed by atoms with Crippen LogP contribution in [0.25, 0.3) is 11.3 Å². The lowest BCUT2D eigenvalue weighted by molar-refractivity contribution is -0.137. The third-order valence-corrected chi connectivity index (χ3v) is 5.39. The summed E-state index contributed by atoms with van der Waals surface area (Å²) in [6.45, 7) is 1.82. The molecule has 0 fully saturated rings. The van der Waals surface area contributed by atoms with Crippen LogP contribution < -0.4 is 15.4 Å². The fraction of sp³-hybridized carbons (Fsp3) is 0.0833. The zero-order valence-corrected chi connectivity index (χ0v) is 18.1. The number of nitrogens with zero attached hydrogens (tertiary/aromatic N) is 1. The van der Waals surface area contributed by atoms with Crippen molar-refractivity contribution in [3.8, 4) is 22.8 Å². The maximum Gasteiger partial charge on any atom is 0.416 e. The van der Waals surface area contributed by atoms with Crippen LogP contribution in [0.2, 0.25) is 0 Å². The van der Waals surface area contributed by atoms with E-state index in [9.17, 15) is 18.0 Å². The molecule has 5 nitrogen and oxygen atoms in total. The number of amides is 2. The van der Waals surface area contributed by atoms with E-state index in [2.05, 4.69) is 15.6 Å². The van der Waals surface area contributed by atoms with Gasteiger partial charge < -0.3 is 15.4 Å². The Bertz CT molecular complexity index is 1260. The molecule has 2 aromatic carbocycles. The van der Waals surface area contributed by atoms with Crippen LogP contribution in [0.5, 0.6) is 11.5 Å². The molecule has 0 aliphatic heterocycles. The summed E-state index contributed by atoms with van der Waals surface area (Å²) in [5.41, 5.74) is 2.53. The highest BCUT2D eigenvalue weighted by Crippen LogP contribution is 2.31. The van der Waals surface area contributed by atoms with Crippen molar-refractivity contribution in [3.05, 3.63) is 88.7 Å². The van der Waals surface area contributed by atoms with Gasteiger partial charge in [-0.25, -0.2) is 4.79 Å². The minimum atomic E-state index is -4.43. The second kappa shape index (κ2) is 9.33. The number of alkyl halides is 3. The Morgan fingerprint density at radius 2 is 1.73 bits per heavy atom. The largest absolute Gasteiger partial charge is 0.457 e. The van der Waals surface area contributed by atoms with E-state index in [1.54, 1.807) is 41.8 Å². The van der Waals surface area contributed by atoms with Gasteiger partial charge in [0.2, 0.25) is 0 Å². The van der Waals surface area contributed by atoms with E-state index in [1.807, 2.05) is 29.8 Å². The number of aromatic nitrogens is 1. The molecule has 0 atom stereocenters. The van der Waals surface area contributed by atoms with Crippen molar-refractivity contribution in [3.63, 3.8) is 0 Å². The van der Waals surface area contributed by atoms with E-state index in [0.29, 0.717) is 17.2 Å². The number of benzene rings is 2. The van der Waals surface area contributed by atoms with Crippen LogP contribution in [0, 0.1) is 6.92 Å². The lowest BCUT2D eigenvalue weighted by Gasteiger charge is -2.13. The predicted molar refractivity (Wildman–Crippen MR) is 123 cm³/mol. The number of halogens is 3. The maximum atomic E-state index is 12.7. The number of aryl methyl sites for hydroxylation is 1. The molecule has 0 aliphatic carbocycles. The first-order valence-electron chi connectivity index (χ1n) is 9.80. The molecular formula is C24H18F3N3O2S. The molecule has 33 heavy (non-hydrogen) atoms. The molecule has 4 aromatic rings. The molecule has 0 unspecified atom stereocenters. The summed E-state index contributed by atoms with van der Waals surface area (Å²) in [7, 11) is 0. The fourth-order valence-corrected chi connectivity index (χ4v) is 3.65. The number of carbonyl (C=O) groups excluding carboxylic acids is 1. The third kappa shape index (κ3) is 5.69. The van der Waals surface area contributed by atoms with Crippen molar-refractivity contribution < 1.29 is 22.7 Å². The second-order valence-corrected chi connectivity index (χ2v) is 7.90. The second-order valence-electron chi connectivity index (χ2n) is 7.12. The Morgan fingerprint density at radius 3 is 2.42 bits per heavy atom. The van der Waals surface area contributed by atoms with Gasteiger partial charge in [0.05, 0.1) is 11.3 Å². The van der Waals surface area contributed by atoms with Gasteiger partial charge in [0, 0.05) is 40.6 Å². The van der Waals surface area contributed by atoms with Crippen LogP contribution in [-0.2, 0) is 6.18 Å². The van der Waals surface area contributed by atoms with Crippen molar-refractivity contribution in [2.75, 3.05) is 10.6 Å². The van der Waals surface area contributed by atoms with Crippen LogP contribution in [0.15, 0.2) is 77.6 Å². The molecule has 0 bridgehead atoms. The average Bonchev–Trinajstić information content (AvgIpc) is 3.31. The first kappa shape index (κ1) is 22.3. The van der Waals surface area contributed by atoms with Crippen LogP contribution >= 0.6 is 11.3 Å². The van der Waals surface area contributed by atoms with Crippen molar-refractivity contribution in [1.29, 1.82) is 0 Å². The zero-order valence-electron chi connectivity index (χ0n) is 17.3. The molecule has 2 N–H and O–H groups in total. The lowest BCUT2D eigenvalue weighted by atomic mass is 10.2. The minimum Gasteiger partial charge on any atom is -0.457 e. The molecule has 2 heterocycles. The van der Waals surface area contributed by atoms with Crippen molar-refractivity contribution in [2.24, 2.45) is 0 Å². The van der Waals surface area contributed by atoms with Crippen LogP contribution in [-0.4, -0.2) is 11.0 Å². The molecule has 4 rings (SSSR count). The van der Waals surface area contributed by atoms with Gasteiger partial charge in [0.15, 0.2) is 0 Å². The summed E-state index contributed by atoms with van der Waals surface area (Å²) in [4.78, 5) is 16.7. The molecule has 0 saturated heterocycles. The van der Waals surface area contributed by atoms with Gasteiger partial charge in [-0.2, -0.15) is 24.5 Å². The summed E-state index contributed by atoms with van der Waals surface area (Å²) in [6, 6.07) is 14.4. The first-order chi connectivity index (χ1) is 15.8. The SMILES string of the molecule is Cc1ccc(Oc2ccnc(-c3ccsc3)c2)cc1NC(=O)Nc1ccc(C(F)(F)F)cc1. The van der Waals surface area contributed by atoms with E-state index >= 15 is 0 Å². The summed E-state index contributed by atoms with van der Waals surface area (Å²) in [6.07, 6.45) is -2.77. The summed E-state index contributed by atoms with van der Waals surface area (Å²) in [5, 5.41) is 9.19. The summed E-state index contributed by atoms with van der Waals surface area (Å²) in [5.74, 6) is 1.10. The highest BCUT2D eigenvalue weighted by Gasteiger charge is 2.30. The molecule has 2 aromatic heterocycles. The monoisotopic (exact) mass is 469 g/mol. The molecular weight excluding hydrogens is 451 g/mol. The number of hydrogen-bond acceptors (Lipinski definition) is 4. The van der Waals surface area contributed by atoms with Crippen molar-refractivity contribution in [1.82, 2.24) is 4.98 Å². The Balaban J connectivity index is 1.44. The minimum absolute atomic E-state index is 0.239. The highest BCUT2D eigenvalue weighted by molar-refractivity contribution is 7.08. The van der Waals surface area contributed by atoms with Crippen LogP contribution in [0.3, 0.4) is 0 Å². The predicted octanol–water partition coefficient (Wildman–Crippen LogP) is 7.57. The number of nitrogens with one attached hydrogen (secondary N) is 2. The molecule has 0 spiro atoms. The molecule has 9 heteroatoms. The molecule has 2 amide bonds. The van der Waals surface area contributed by atoms with Crippen LogP contribution in [0.4, 0.5) is 29.3 Å². The Kier molecular flexibility index (Phi) is 6.32. The Labute approximate surface area is 191 Å². The first-order valence-corrected chi connectivity index (χ1v) is 10.7. The molecule has 0 radical (unpaired) electrons. The van der Waals surface area contributed by atoms with Gasteiger partial charge >= 0.3 is 12.2 Å². The highest BCUT2D eigenvalue weighted by atomic mass is 32.1.